The molecule has 0 aliphatic carbocycles. The van der Waals surface area contributed by atoms with E-state index in [9.17, 15) is 5.11 Å². The Morgan fingerprint density at radius 1 is 1.16 bits per heavy atom. The minimum atomic E-state index is -2.46. The Morgan fingerprint density at radius 3 is 2.74 bits per heavy atom. The average Bonchev–Trinajstić information content (AvgIpc) is 3.46. The van der Waals surface area contributed by atoms with Crippen molar-refractivity contribution in [3.63, 3.8) is 0 Å². The predicted octanol–water partition coefficient (Wildman–Crippen LogP) is 5.60. The van der Waals surface area contributed by atoms with Crippen molar-refractivity contribution in [3.8, 4) is 11.3 Å². The third kappa shape index (κ3) is 4.27. The maximum absolute atomic E-state index is 15.3. The van der Waals surface area contributed by atoms with E-state index >= 15 is 4.39 Å². The molecule has 4 heterocycles. The standard InChI is InChI=1S/C30H32FN5O2/c1-18-29(35(4)34-33-18)22-13-27-28(32-16-22)23-14-25(31)24(30(2,3)37)15-26(23)36(27)17-19-6-5-7-21(12-19)20-8-10-38-11-9-20/h5-7,12-16,20,37H,8-11,17H2,1-4H3/i1D3. The highest BCUT2D eigenvalue weighted by molar-refractivity contribution is 6.07. The number of aromatic nitrogens is 5. The highest BCUT2D eigenvalue weighted by Gasteiger charge is 2.25. The largest absolute Gasteiger partial charge is 0.386 e. The highest BCUT2D eigenvalue weighted by Crippen LogP contribution is 2.36. The van der Waals surface area contributed by atoms with Crippen LogP contribution in [0.15, 0.2) is 48.7 Å². The summed E-state index contributed by atoms with van der Waals surface area (Å²) in [6, 6.07) is 13.5. The summed E-state index contributed by atoms with van der Waals surface area (Å²) in [5, 5.41) is 19.2. The molecule has 0 amide bonds. The summed E-state index contributed by atoms with van der Waals surface area (Å²) in [5.41, 5.74) is 3.91. The maximum Gasteiger partial charge on any atom is 0.130 e. The van der Waals surface area contributed by atoms with Crippen LogP contribution in [0.2, 0.25) is 0 Å². The van der Waals surface area contributed by atoms with Crippen LogP contribution in [0.3, 0.4) is 0 Å². The minimum absolute atomic E-state index is 0.108. The Hall–Kier alpha value is -3.62. The van der Waals surface area contributed by atoms with Gasteiger partial charge in [0.2, 0.25) is 0 Å². The van der Waals surface area contributed by atoms with Crippen molar-refractivity contribution in [3.05, 3.63) is 76.9 Å². The van der Waals surface area contributed by atoms with Crippen LogP contribution < -0.4 is 0 Å². The molecule has 0 atom stereocenters. The molecule has 7 nitrogen and oxygen atoms in total. The van der Waals surface area contributed by atoms with Crippen LogP contribution in [0, 0.1) is 12.7 Å². The van der Waals surface area contributed by atoms with Crippen molar-refractivity contribution in [1.82, 2.24) is 24.5 Å². The van der Waals surface area contributed by atoms with E-state index in [1.54, 1.807) is 33.2 Å². The quantitative estimate of drug-likeness (QED) is 0.329. The number of aliphatic hydroxyl groups is 1. The SMILES string of the molecule is [2H]C([2H])([2H])c1nnn(C)c1-c1cnc2c3cc(F)c(C(C)(C)O)cc3n(Cc3cccc(C4CCOCC4)c3)c2c1. The number of pyridine rings is 1. The molecule has 0 bridgehead atoms. The molecule has 0 saturated carbocycles. The average molecular weight is 517 g/mol. The van der Waals surface area contributed by atoms with Gasteiger partial charge in [-0.15, -0.1) is 5.10 Å². The molecule has 1 aliphatic rings. The van der Waals surface area contributed by atoms with Gasteiger partial charge in [0.25, 0.3) is 0 Å². The predicted molar refractivity (Wildman–Crippen MR) is 146 cm³/mol. The van der Waals surface area contributed by atoms with Crippen molar-refractivity contribution in [2.45, 2.75) is 51.6 Å². The third-order valence-electron chi connectivity index (χ3n) is 7.53. The molecule has 1 fully saturated rings. The van der Waals surface area contributed by atoms with Crippen molar-refractivity contribution in [1.29, 1.82) is 0 Å². The van der Waals surface area contributed by atoms with Crippen molar-refractivity contribution >= 4 is 21.9 Å². The fraction of sp³-hybridized carbons (Fsp3) is 0.367. The summed E-state index contributed by atoms with van der Waals surface area (Å²) in [5.74, 6) is -0.0846. The van der Waals surface area contributed by atoms with Gasteiger partial charge in [-0.2, -0.15) is 0 Å². The zero-order valence-electron chi connectivity index (χ0n) is 24.7. The summed E-state index contributed by atoms with van der Waals surface area (Å²) in [6.45, 7) is 2.63. The molecule has 196 valence electrons. The van der Waals surface area contributed by atoms with Gasteiger partial charge >= 0.3 is 0 Å². The Morgan fingerprint density at radius 2 is 1.97 bits per heavy atom. The number of benzene rings is 2. The summed E-state index contributed by atoms with van der Waals surface area (Å²) < 4.78 is 48.2. The van der Waals surface area contributed by atoms with E-state index in [0.29, 0.717) is 40.1 Å². The number of fused-ring (bicyclic) bond motifs is 3. The van der Waals surface area contributed by atoms with E-state index in [0.717, 1.165) is 37.1 Å². The molecule has 3 aromatic heterocycles. The highest BCUT2D eigenvalue weighted by atomic mass is 19.1. The van der Waals surface area contributed by atoms with Crippen LogP contribution in [0.25, 0.3) is 33.2 Å². The normalized spacial score (nSPS) is 16.6. The Kier molecular flexibility index (Phi) is 5.21. The fourth-order valence-corrected chi connectivity index (χ4v) is 5.58. The first-order valence-corrected chi connectivity index (χ1v) is 12.8. The molecule has 0 radical (unpaired) electrons. The zero-order chi connectivity index (χ0) is 29.1. The molecule has 0 spiro atoms. The molecule has 1 N–H and O–H groups in total. The fourth-order valence-electron chi connectivity index (χ4n) is 5.58. The Bertz CT molecular complexity index is 1760. The molecule has 6 rings (SSSR count). The Labute approximate surface area is 225 Å². The van der Waals surface area contributed by atoms with E-state index in [2.05, 4.69) is 39.1 Å². The molecule has 38 heavy (non-hydrogen) atoms. The van der Waals surface area contributed by atoms with Gasteiger partial charge in [-0.05, 0) is 68.8 Å². The topological polar surface area (TPSA) is 78.0 Å². The van der Waals surface area contributed by atoms with Crippen LogP contribution in [0.4, 0.5) is 4.39 Å². The smallest absolute Gasteiger partial charge is 0.130 e. The van der Waals surface area contributed by atoms with Crippen LogP contribution in [-0.2, 0) is 23.9 Å². The van der Waals surface area contributed by atoms with Gasteiger partial charge in [-0.3, -0.25) is 4.98 Å². The summed E-state index contributed by atoms with van der Waals surface area (Å²) >= 11 is 0. The van der Waals surface area contributed by atoms with E-state index in [1.807, 2.05) is 6.07 Å². The molecule has 2 aromatic carbocycles. The van der Waals surface area contributed by atoms with Crippen LogP contribution in [0.1, 0.15) is 59.1 Å². The van der Waals surface area contributed by atoms with Crippen molar-refractivity contribution in [2.75, 3.05) is 13.2 Å². The van der Waals surface area contributed by atoms with Gasteiger partial charge in [0.05, 0.1) is 33.5 Å². The van der Waals surface area contributed by atoms with Crippen LogP contribution in [0.5, 0.6) is 0 Å². The second-order valence-corrected chi connectivity index (χ2v) is 10.6. The van der Waals surface area contributed by atoms with Crippen LogP contribution >= 0.6 is 0 Å². The number of hydrogen-bond donors (Lipinski definition) is 1. The lowest BCUT2D eigenvalue weighted by atomic mass is 9.91. The first kappa shape index (κ1) is 21.3. The van der Waals surface area contributed by atoms with Gasteiger partial charge in [0.15, 0.2) is 0 Å². The van der Waals surface area contributed by atoms with E-state index in [-0.39, 0.29) is 11.3 Å². The first-order valence-electron chi connectivity index (χ1n) is 14.3. The number of nitrogens with zero attached hydrogens (tertiary/aromatic N) is 5. The maximum atomic E-state index is 15.3. The molecule has 0 unspecified atom stereocenters. The second kappa shape index (κ2) is 9.29. The van der Waals surface area contributed by atoms with E-state index < -0.39 is 18.3 Å². The van der Waals surface area contributed by atoms with Crippen molar-refractivity contribution < 1.29 is 18.3 Å². The number of rotatable bonds is 5. The summed E-state index contributed by atoms with van der Waals surface area (Å²) in [4.78, 5) is 4.70. The van der Waals surface area contributed by atoms with Crippen LogP contribution in [-0.4, -0.2) is 42.9 Å². The van der Waals surface area contributed by atoms with Crippen molar-refractivity contribution in [2.24, 2.45) is 7.05 Å². The number of ether oxygens (including phenoxy) is 1. The zero-order valence-corrected chi connectivity index (χ0v) is 21.7. The Balaban J connectivity index is 1.56. The lowest BCUT2D eigenvalue weighted by Crippen LogP contribution is -2.17. The second-order valence-electron chi connectivity index (χ2n) is 10.6. The monoisotopic (exact) mass is 516 g/mol. The molecule has 8 heteroatoms. The van der Waals surface area contributed by atoms with Gasteiger partial charge in [-0.1, -0.05) is 29.5 Å². The van der Waals surface area contributed by atoms with Gasteiger partial charge in [-0.25, -0.2) is 9.07 Å². The van der Waals surface area contributed by atoms with E-state index in [4.69, 9.17) is 13.8 Å². The minimum Gasteiger partial charge on any atom is -0.386 e. The third-order valence-corrected chi connectivity index (χ3v) is 7.53. The lowest BCUT2D eigenvalue weighted by molar-refractivity contribution is 0.0747. The summed E-state index contributed by atoms with van der Waals surface area (Å²) in [7, 11) is 1.64. The first-order chi connectivity index (χ1) is 19.4. The van der Waals surface area contributed by atoms with Gasteiger partial charge < -0.3 is 14.4 Å². The van der Waals surface area contributed by atoms with E-state index in [1.165, 1.54) is 16.3 Å². The molecule has 5 aromatic rings. The number of hydrogen-bond acceptors (Lipinski definition) is 5. The number of aryl methyl sites for hydroxylation is 2. The molecular formula is C30H32FN5O2. The molecule has 1 aliphatic heterocycles. The number of halogens is 1. The lowest BCUT2D eigenvalue weighted by Gasteiger charge is -2.23. The molecular weight excluding hydrogens is 481 g/mol. The summed E-state index contributed by atoms with van der Waals surface area (Å²) in [6.07, 6.45) is 3.53. The molecule has 1 saturated heterocycles. The van der Waals surface area contributed by atoms with Gasteiger partial charge in [0.1, 0.15) is 5.82 Å². The van der Waals surface area contributed by atoms with Gasteiger partial charge in [0, 0.05) is 53.6 Å².